The Labute approximate surface area is 76.1 Å². The van der Waals surface area contributed by atoms with E-state index in [4.69, 9.17) is 0 Å². The first-order chi connectivity index (χ1) is 4.88. The fourth-order valence-corrected chi connectivity index (χ4v) is 3.02. The number of rotatable bonds is 1. The number of fused-ring (bicyclic) bond motifs is 2. The number of nitrogens with one attached hydrogen (secondary N) is 1. The first kappa shape index (κ1) is 7.35. The van der Waals surface area contributed by atoms with Crippen LogP contribution in [0.15, 0.2) is 0 Å². The molecule has 0 aromatic carbocycles. The summed E-state index contributed by atoms with van der Waals surface area (Å²) >= 11 is 2.53. The molecule has 2 aliphatic heterocycles. The molecule has 0 aromatic heterocycles. The number of hydrogen-bond donors (Lipinski definition) is 1. The van der Waals surface area contributed by atoms with Crippen molar-refractivity contribution >= 4 is 22.6 Å². The van der Waals surface area contributed by atoms with E-state index in [0.717, 1.165) is 18.0 Å². The summed E-state index contributed by atoms with van der Waals surface area (Å²) in [6.45, 7) is 0. The Kier molecular flexibility index (Phi) is 2.18. The van der Waals surface area contributed by atoms with Crippen molar-refractivity contribution in [3.8, 4) is 0 Å². The van der Waals surface area contributed by atoms with E-state index in [1.54, 1.807) is 0 Å². The molecular weight excluding hydrogens is 237 g/mol. The molecule has 1 nitrogen and oxygen atoms in total. The summed E-state index contributed by atoms with van der Waals surface area (Å²) in [6, 6.07) is 1.78. The standard InChI is InChI=1S/C8H14IN/c9-5-6-3-7-1-2-8(4-6)10-7/h6-8,10H,1-5H2/t6-,7+,8-. The molecule has 0 saturated carbocycles. The Bertz CT molecular complexity index is 114. The molecule has 0 aliphatic carbocycles. The Morgan fingerprint density at radius 2 is 1.80 bits per heavy atom. The Morgan fingerprint density at radius 1 is 1.20 bits per heavy atom. The molecule has 58 valence electrons. The van der Waals surface area contributed by atoms with Gasteiger partial charge in [0.15, 0.2) is 0 Å². The normalized spacial score (nSPS) is 45.9. The van der Waals surface area contributed by atoms with Crippen LogP contribution in [0.25, 0.3) is 0 Å². The lowest BCUT2D eigenvalue weighted by atomic mass is 9.95. The van der Waals surface area contributed by atoms with E-state index < -0.39 is 0 Å². The van der Waals surface area contributed by atoms with Gasteiger partial charge in [-0.2, -0.15) is 0 Å². The molecule has 10 heavy (non-hydrogen) atoms. The zero-order chi connectivity index (χ0) is 6.97. The average Bonchev–Trinajstić information content (AvgIpc) is 2.30. The van der Waals surface area contributed by atoms with Crippen molar-refractivity contribution in [2.24, 2.45) is 5.92 Å². The predicted molar refractivity (Wildman–Crippen MR) is 51.6 cm³/mol. The minimum atomic E-state index is 0.888. The van der Waals surface area contributed by atoms with Crippen molar-refractivity contribution in [3.05, 3.63) is 0 Å². The van der Waals surface area contributed by atoms with Crippen LogP contribution in [0.5, 0.6) is 0 Å². The second-order valence-corrected chi connectivity index (χ2v) is 4.51. The molecule has 2 fully saturated rings. The van der Waals surface area contributed by atoms with Crippen molar-refractivity contribution < 1.29 is 0 Å². The van der Waals surface area contributed by atoms with Crippen molar-refractivity contribution in [1.82, 2.24) is 5.32 Å². The minimum absolute atomic E-state index is 0.888. The smallest absolute Gasteiger partial charge is 0.00731 e. The molecule has 0 radical (unpaired) electrons. The summed E-state index contributed by atoms with van der Waals surface area (Å²) in [6.07, 6.45) is 5.77. The van der Waals surface area contributed by atoms with E-state index in [0.29, 0.717) is 0 Å². The van der Waals surface area contributed by atoms with Crippen molar-refractivity contribution in [2.75, 3.05) is 4.43 Å². The van der Waals surface area contributed by atoms with Gasteiger partial charge in [0.05, 0.1) is 0 Å². The Balaban J connectivity index is 1.96. The maximum absolute atomic E-state index is 3.65. The zero-order valence-electron chi connectivity index (χ0n) is 6.15. The minimum Gasteiger partial charge on any atom is -0.311 e. The average molecular weight is 251 g/mol. The fourth-order valence-electron chi connectivity index (χ4n) is 2.30. The molecule has 0 aromatic rings. The van der Waals surface area contributed by atoms with Crippen molar-refractivity contribution in [2.45, 2.75) is 37.8 Å². The predicted octanol–water partition coefficient (Wildman–Crippen LogP) is 1.95. The molecule has 2 saturated heterocycles. The molecule has 2 heteroatoms. The lowest BCUT2D eigenvalue weighted by Gasteiger charge is -2.27. The molecule has 2 bridgehead atoms. The van der Waals surface area contributed by atoms with Crippen LogP contribution in [0.4, 0.5) is 0 Å². The molecule has 2 heterocycles. The lowest BCUT2D eigenvalue weighted by molar-refractivity contribution is 0.326. The van der Waals surface area contributed by atoms with Crippen LogP contribution in [-0.4, -0.2) is 16.5 Å². The van der Waals surface area contributed by atoms with Gasteiger partial charge in [-0.1, -0.05) is 22.6 Å². The number of alkyl halides is 1. The first-order valence-corrected chi connectivity index (χ1v) is 5.73. The van der Waals surface area contributed by atoms with Crippen LogP contribution in [-0.2, 0) is 0 Å². The van der Waals surface area contributed by atoms with Gasteiger partial charge in [0.1, 0.15) is 0 Å². The quantitative estimate of drug-likeness (QED) is 0.554. The number of piperidine rings is 1. The van der Waals surface area contributed by atoms with Crippen molar-refractivity contribution in [3.63, 3.8) is 0 Å². The molecule has 3 atom stereocenters. The first-order valence-electron chi connectivity index (χ1n) is 4.20. The lowest BCUT2D eigenvalue weighted by Crippen LogP contribution is -2.38. The van der Waals surface area contributed by atoms with E-state index in [2.05, 4.69) is 27.9 Å². The van der Waals surface area contributed by atoms with Gasteiger partial charge in [0.2, 0.25) is 0 Å². The SMILES string of the molecule is IC[C@H]1C[C@H]2CC[C@@H](C1)N2. The largest absolute Gasteiger partial charge is 0.311 e. The zero-order valence-corrected chi connectivity index (χ0v) is 8.30. The van der Waals surface area contributed by atoms with Gasteiger partial charge in [-0.15, -0.1) is 0 Å². The molecule has 2 rings (SSSR count). The fraction of sp³-hybridized carbons (Fsp3) is 1.00. The van der Waals surface area contributed by atoms with Crippen molar-refractivity contribution in [1.29, 1.82) is 0 Å². The Hall–Kier alpha value is 0.690. The highest BCUT2D eigenvalue weighted by molar-refractivity contribution is 14.1. The van der Waals surface area contributed by atoms with Gasteiger partial charge >= 0.3 is 0 Å². The molecular formula is C8H14IN. The molecule has 0 unspecified atom stereocenters. The summed E-state index contributed by atoms with van der Waals surface area (Å²) in [5.74, 6) is 1.03. The van der Waals surface area contributed by atoms with Gasteiger partial charge in [-0.3, -0.25) is 0 Å². The van der Waals surface area contributed by atoms with E-state index in [1.807, 2.05) is 0 Å². The van der Waals surface area contributed by atoms with Crippen LogP contribution in [0.2, 0.25) is 0 Å². The summed E-state index contributed by atoms with van der Waals surface area (Å²) < 4.78 is 1.37. The third-order valence-corrected chi connectivity index (χ3v) is 4.03. The van der Waals surface area contributed by atoms with Crippen LogP contribution in [0.1, 0.15) is 25.7 Å². The number of hydrogen-bond acceptors (Lipinski definition) is 1. The van der Waals surface area contributed by atoms with Crippen LogP contribution in [0.3, 0.4) is 0 Å². The highest BCUT2D eigenvalue weighted by atomic mass is 127. The molecule has 1 N–H and O–H groups in total. The van der Waals surface area contributed by atoms with Crippen LogP contribution in [0, 0.1) is 5.92 Å². The topological polar surface area (TPSA) is 12.0 Å². The third kappa shape index (κ3) is 1.33. The summed E-state index contributed by atoms with van der Waals surface area (Å²) in [4.78, 5) is 0. The summed E-state index contributed by atoms with van der Waals surface area (Å²) in [5.41, 5.74) is 0. The van der Waals surface area contributed by atoms with Gasteiger partial charge in [-0.25, -0.2) is 0 Å². The van der Waals surface area contributed by atoms with E-state index in [1.165, 1.54) is 30.1 Å². The van der Waals surface area contributed by atoms with E-state index in [-0.39, 0.29) is 0 Å². The van der Waals surface area contributed by atoms with E-state index in [9.17, 15) is 0 Å². The molecule has 2 aliphatic rings. The van der Waals surface area contributed by atoms with Gasteiger partial charge in [-0.05, 0) is 31.6 Å². The van der Waals surface area contributed by atoms with Gasteiger partial charge in [0, 0.05) is 16.5 Å². The Morgan fingerprint density at radius 3 is 2.30 bits per heavy atom. The maximum Gasteiger partial charge on any atom is 0.00731 e. The van der Waals surface area contributed by atoms with Crippen LogP contribution >= 0.6 is 22.6 Å². The number of halogens is 1. The van der Waals surface area contributed by atoms with Crippen LogP contribution < -0.4 is 5.32 Å². The highest BCUT2D eigenvalue weighted by Gasteiger charge is 2.32. The summed E-state index contributed by atoms with van der Waals surface area (Å²) in [5, 5.41) is 3.65. The monoisotopic (exact) mass is 251 g/mol. The van der Waals surface area contributed by atoms with E-state index >= 15 is 0 Å². The summed E-state index contributed by atoms with van der Waals surface area (Å²) in [7, 11) is 0. The highest BCUT2D eigenvalue weighted by Crippen LogP contribution is 2.31. The molecule has 0 spiro atoms. The maximum atomic E-state index is 3.65. The van der Waals surface area contributed by atoms with Gasteiger partial charge < -0.3 is 5.32 Å². The third-order valence-electron chi connectivity index (χ3n) is 2.79. The second-order valence-electron chi connectivity index (χ2n) is 3.63. The molecule has 0 amide bonds. The second kappa shape index (κ2) is 2.97. The van der Waals surface area contributed by atoms with Gasteiger partial charge in [0.25, 0.3) is 0 Å².